The van der Waals surface area contributed by atoms with Crippen molar-refractivity contribution >= 4 is 0 Å². The van der Waals surface area contributed by atoms with Gasteiger partial charge in [0.2, 0.25) is 0 Å². The lowest BCUT2D eigenvalue weighted by Crippen LogP contribution is -2.28. The molecule has 0 spiro atoms. The van der Waals surface area contributed by atoms with Crippen molar-refractivity contribution in [2.45, 2.75) is 26.2 Å². The number of ether oxygens (including phenoxy) is 1. The minimum absolute atomic E-state index is 0.184. The maximum absolute atomic E-state index is 13.4. The molecule has 0 aliphatic carbocycles. The van der Waals surface area contributed by atoms with E-state index in [0.29, 0.717) is 11.5 Å². The van der Waals surface area contributed by atoms with Crippen LogP contribution >= 0.6 is 0 Å². The van der Waals surface area contributed by atoms with Crippen LogP contribution in [0.15, 0.2) is 12.1 Å². The summed E-state index contributed by atoms with van der Waals surface area (Å²) in [6, 6.07) is 3.41. The van der Waals surface area contributed by atoms with Gasteiger partial charge in [0.15, 0.2) is 0 Å². The lowest BCUT2D eigenvalue weighted by Gasteiger charge is -2.23. The average molecular weight is 237 g/mol. The summed E-state index contributed by atoms with van der Waals surface area (Å²) in [5.41, 5.74) is 1.76. The van der Waals surface area contributed by atoms with Gasteiger partial charge in [0.05, 0.1) is 7.11 Å². The molecule has 0 atom stereocenters. The van der Waals surface area contributed by atoms with E-state index < -0.39 is 0 Å². The second-order valence-corrected chi connectivity index (χ2v) is 4.76. The largest absolute Gasteiger partial charge is 0.496 e. The Labute approximate surface area is 102 Å². The minimum atomic E-state index is -0.184. The van der Waals surface area contributed by atoms with Crippen molar-refractivity contribution in [3.8, 4) is 5.75 Å². The maximum Gasteiger partial charge on any atom is 0.129 e. The minimum Gasteiger partial charge on any atom is -0.496 e. The van der Waals surface area contributed by atoms with E-state index in [2.05, 4.69) is 5.32 Å². The van der Waals surface area contributed by atoms with Gasteiger partial charge in [-0.05, 0) is 56.8 Å². The van der Waals surface area contributed by atoms with E-state index in [1.54, 1.807) is 20.1 Å². The fraction of sp³-hybridized carbons (Fsp3) is 0.571. The molecule has 0 radical (unpaired) electrons. The number of halogens is 1. The molecule has 1 fully saturated rings. The summed E-state index contributed by atoms with van der Waals surface area (Å²) in [6.45, 7) is 3.96. The number of hydrogen-bond donors (Lipinski definition) is 1. The number of rotatable bonds is 3. The smallest absolute Gasteiger partial charge is 0.129 e. The number of hydrogen-bond acceptors (Lipinski definition) is 2. The lowest BCUT2D eigenvalue weighted by molar-refractivity contribution is 0.359. The molecule has 17 heavy (non-hydrogen) atoms. The molecule has 0 aromatic heterocycles. The molecule has 94 valence electrons. The fourth-order valence-electron chi connectivity index (χ4n) is 2.57. The molecule has 1 aromatic carbocycles. The summed E-state index contributed by atoms with van der Waals surface area (Å²) in [5.74, 6) is 1.23. The van der Waals surface area contributed by atoms with Crippen molar-refractivity contribution in [1.82, 2.24) is 5.32 Å². The second kappa shape index (κ2) is 5.50. The maximum atomic E-state index is 13.4. The first-order chi connectivity index (χ1) is 8.22. The van der Waals surface area contributed by atoms with Crippen molar-refractivity contribution in [2.75, 3.05) is 20.2 Å². The van der Waals surface area contributed by atoms with Gasteiger partial charge < -0.3 is 10.1 Å². The Morgan fingerprint density at radius 3 is 2.71 bits per heavy atom. The Morgan fingerprint density at radius 1 is 1.35 bits per heavy atom. The van der Waals surface area contributed by atoms with E-state index in [0.717, 1.165) is 30.8 Å². The van der Waals surface area contributed by atoms with Crippen LogP contribution in [0, 0.1) is 18.7 Å². The molecule has 3 heteroatoms. The van der Waals surface area contributed by atoms with Crippen LogP contribution < -0.4 is 10.1 Å². The van der Waals surface area contributed by atoms with E-state index in [1.807, 2.05) is 6.07 Å². The SMILES string of the molecule is COc1c(CC2CCNCC2)ccc(F)c1C. The van der Waals surface area contributed by atoms with E-state index in [4.69, 9.17) is 4.74 Å². The van der Waals surface area contributed by atoms with Gasteiger partial charge in [0.1, 0.15) is 11.6 Å². The van der Waals surface area contributed by atoms with Crippen LogP contribution in [0.3, 0.4) is 0 Å². The molecule has 0 unspecified atom stereocenters. The van der Waals surface area contributed by atoms with Crippen molar-refractivity contribution < 1.29 is 9.13 Å². The number of methoxy groups -OCH3 is 1. The summed E-state index contributed by atoms with van der Waals surface area (Å²) in [4.78, 5) is 0. The molecule has 1 aromatic rings. The number of benzene rings is 1. The molecule has 1 saturated heterocycles. The zero-order valence-electron chi connectivity index (χ0n) is 10.6. The molecule has 1 N–H and O–H groups in total. The Morgan fingerprint density at radius 2 is 2.06 bits per heavy atom. The van der Waals surface area contributed by atoms with Crippen LogP contribution in [0.1, 0.15) is 24.0 Å². The first-order valence-corrected chi connectivity index (χ1v) is 6.25. The third-order valence-corrected chi connectivity index (χ3v) is 3.59. The molecule has 0 bridgehead atoms. The van der Waals surface area contributed by atoms with Crippen molar-refractivity contribution in [3.05, 3.63) is 29.1 Å². The van der Waals surface area contributed by atoms with Crippen LogP contribution in [0.4, 0.5) is 4.39 Å². The molecule has 1 heterocycles. The zero-order valence-corrected chi connectivity index (χ0v) is 10.6. The van der Waals surface area contributed by atoms with E-state index in [9.17, 15) is 4.39 Å². The molecule has 1 aliphatic rings. The molecule has 0 amide bonds. The van der Waals surface area contributed by atoms with Crippen LogP contribution in [-0.4, -0.2) is 20.2 Å². The Hall–Kier alpha value is -1.09. The van der Waals surface area contributed by atoms with Gasteiger partial charge in [-0.2, -0.15) is 0 Å². The number of piperidine rings is 1. The highest BCUT2D eigenvalue weighted by atomic mass is 19.1. The monoisotopic (exact) mass is 237 g/mol. The first-order valence-electron chi connectivity index (χ1n) is 6.25. The summed E-state index contributed by atoms with van der Waals surface area (Å²) in [5, 5.41) is 3.36. The topological polar surface area (TPSA) is 21.3 Å². The van der Waals surface area contributed by atoms with Crippen molar-refractivity contribution in [2.24, 2.45) is 5.92 Å². The molecular formula is C14H20FNO. The highest BCUT2D eigenvalue weighted by Crippen LogP contribution is 2.29. The van der Waals surface area contributed by atoms with Crippen molar-refractivity contribution in [3.63, 3.8) is 0 Å². The lowest BCUT2D eigenvalue weighted by atomic mass is 9.90. The standard InChI is InChI=1S/C14H20FNO/c1-10-13(15)4-3-12(14(10)17-2)9-11-5-7-16-8-6-11/h3-4,11,16H,5-9H2,1-2H3. The zero-order chi connectivity index (χ0) is 12.3. The molecule has 0 saturated carbocycles. The van der Waals surface area contributed by atoms with Gasteiger partial charge >= 0.3 is 0 Å². The summed E-state index contributed by atoms with van der Waals surface area (Å²) in [6.07, 6.45) is 3.38. The molecule has 2 rings (SSSR count). The Kier molecular flexibility index (Phi) is 4.00. The highest BCUT2D eigenvalue weighted by Gasteiger charge is 2.17. The third-order valence-electron chi connectivity index (χ3n) is 3.59. The van der Waals surface area contributed by atoms with E-state index in [1.165, 1.54) is 12.8 Å². The van der Waals surface area contributed by atoms with E-state index in [-0.39, 0.29) is 5.82 Å². The average Bonchev–Trinajstić information content (AvgIpc) is 2.36. The van der Waals surface area contributed by atoms with Crippen LogP contribution in [0.2, 0.25) is 0 Å². The molecule has 2 nitrogen and oxygen atoms in total. The molecular weight excluding hydrogens is 217 g/mol. The molecule has 1 aliphatic heterocycles. The van der Waals surface area contributed by atoms with Gasteiger partial charge in [-0.25, -0.2) is 4.39 Å². The summed E-state index contributed by atoms with van der Waals surface area (Å²) >= 11 is 0. The van der Waals surface area contributed by atoms with E-state index >= 15 is 0 Å². The van der Waals surface area contributed by atoms with Gasteiger partial charge in [0.25, 0.3) is 0 Å². The van der Waals surface area contributed by atoms with Gasteiger partial charge in [0, 0.05) is 5.56 Å². The van der Waals surface area contributed by atoms with Gasteiger partial charge in [-0.3, -0.25) is 0 Å². The fourth-order valence-corrected chi connectivity index (χ4v) is 2.57. The third kappa shape index (κ3) is 2.78. The summed E-state index contributed by atoms with van der Waals surface area (Å²) in [7, 11) is 1.62. The normalized spacial score (nSPS) is 17.1. The van der Waals surface area contributed by atoms with Crippen LogP contribution in [0.5, 0.6) is 5.75 Å². The van der Waals surface area contributed by atoms with Crippen LogP contribution in [0.25, 0.3) is 0 Å². The predicted octanol–water partition coefficient (Wildman–Crippen LogP) is 2.68. The predicted molar refractivity (Wildman–Crippen MR) is 67.0 cm³/mol. The quantitative estimate of drug-likeness (QED) is 0.872. The van der Waals surface area contributed by atoms with Crippen LogP contribution in [-0.2, 0) is 6.42 Å². The Bertz CT molecular complexity index is 386. The second-order valence-electron chi connectivity index (χ2n) is 4.76. The van der Waals surface area contributed by atoms with Crippen molar-refractivity contribution in [1.29, 1.82) is 0 Å². The summed E-state index contributed by atoms with van der Waals surface area (Å²) < 4.78 is 18.8. The Balaban J connectivity index is 2.17. The highest BCUT2D eigenvalue weighted by molar-refractivity contribution is 5.41. The van der Waals surface area contributed by atoms with Gasteiger partial charge in [-0.15, -0.1) is 0 Å². The van der Waals surface area contributed by atoms with Gasteiger partial charge in [-0.1, -0.05) is 6.07 Å². The first kappa shape index (κ1) is 12.4. The number of nitrogens with one attached hydrogen (secondary N) is 1.